The van der Waals surface area contributed by atoms with Gasteiger partial charge in [0.15, 0.2) is 0 Å². The third-order valence-corrected chi connectivity index (χ3v) is 2.80. The molecule has 0 heterocycles. The van der Waals surface area contributed by atoms with Crippen molar-refractivity contribution in [2.75, 3.05) is 0 Å². The maximum absolute atomic E-state index is 13.3. The quantitative estimate of drug-likeness (QED) is 0.467. The minimum absolute atomic E-state index is 0.0231. The number of hydrogen-bond donors (Lipinski definition) is 0. The fourth-order valence-electron chi connectivity index (χ4n) is 1.37. The molecule has 3 nitrogen and oxygen atoms in total. The first-order chi connectivity index (χ1) is 7.34. The van der Waals surface area contributed by atoms with Crippen molar-refractivity contribution in [2.24, 2.45) is 0 Å². The van der Waals surface area contributed by atoms with E-state index in [0.29, 0.717) is 6.07 Å². The summed E-state index contributed by atoms with van der Waals surface area (Å²) in [4.78, 5) is 9.82. The van der Waals surface area contributed by atoms with Crippen molar-refractivity contribution in [2.45, 2.75) is 25.1 Å². The van der Waals surface area contributed by atoms with Gasteiger partial charge in [-0.2, -0.15) is 4.39 Å². The lowest BCUT2D eigenvalue weighted by Crippen LogP contribution is -2.10. The molecule has 0 aliphatic rings. The van der Waals surface area contributed by atoms with Crippen LogP contribution in [0.4, 0.5) is 14.5 Å². The van der Waals surface area contributed by atoms with Crippen LogP contribution in [0.25, 0.3) is 0 Å². The summed E-state index contributed by atoms with van der Waals surface area (Å²) in [6.07, 6.45) is 0. The number of nitrogens with zero attached hydrogens (tertiary/aromatic N) is 1. The van der Waals surface area contributed by atoms with Crippen LogP contribution in [0.3, 0.4) is 0 Å². The third kappa shape index (κ3) is 2.47. The van der Waals surface area contributed by atoms with E-state index in [9.17, 15) is 18.9 Å². The SMILES string of the molecule is CC(Cl)C(C)c1cc(F)cc(F)c1[N+](=O)[O-]. The van der Waals surface area contributed by atoms with Crippen LogP contribution in [0.5, 0.6) is 0 Å². The molecule has 1 rings (SSSR count). The molecule has 0 saturated heterocycles. The van der Waals surface area contributed by atoms with Crippen molar-refractivity contribution in [3.63, 3.8) is 0 Å². The Morgan fingerprint density at radius 1 is 1.38 bits per heavy atom. The Labute approximate surface area is 96.2 Å². The maximum atomic E-state index is 13.3. The minimum Gasteiger partial charge on any atom is -0.258 e. The Kier molecular flexibility index (Phi) is 3.80. The highest BCUT2D eigenvalue weighted by molar-refractivity contribution is 6.20. The molecule has 0 saturated carbocycles. The van der Waals surface area contributed by atoms with E-state index in [1.807, 2.05) is 0 Å². The first-order valence-corrected chi connectivity index (χ1v) is 5.05. The van der Waals surface area contributed by atoms with Gasteiger partial charge in [-0.3, -0.25) is 10.1 Å². The number of hydrogen-bond acceptors (Lipinski definition) is 2. The third-order valence-electron chi connectivity index (χ3n) is 2.42. The molecule has 2 unspecified atom stereocenters. The van der Waals surface area contributed by atoms with Gasteiger partial charge in [-0.25, -0.2) is 4.39 Å². The van der Waals surface area contributed by atoms with Gasteiger partial charge in [0, 0.05) is 22.9 Å². The summed E-state index contributed by atoms with van der Waals surface area (Å²) in [5, 5.41) is 10.2. The number of halogens is 3. The Bertz CT molecular complexity index is 424. The molecule has 2 atom stereocenters. The Morgan fingerprint density at radius 3 is 2.38 bits per heavy atom. The van der Waals surface area contributed by atoms with E-state index >= 15 is 0 Å². The van der Waals surface area contributed by atoms with Gasteiger partial charge in [0.25, 0.3) is 0 Å². The normalized spacial score (nSPS) is 14.6. The molecular formula is C10H10ClF2NO2. The summed E-state index contributed by atoms with van der Waals surface area (Å²) in [6, 6.07) is 1.44. The first kappa shape index (κ1) is 12.8. The van der Waals surface area contributed by atoms with Gasteiger partial charge in [-0.1, -0.05) is 6.92 Å². The van der Waals surface area contributed by atoms with Crippen molar-refractivity contribution in [3.05, 3.63) is 39.4 Å². The molecule has 0 fully saturated rings. The zero-order chi connectivity index (χ0) is 12.5. The van der Waals surface area contributed by atoms with Crippen molar-refractivity contribution < 1.29 is 13.7 Å². The fourth-order valence-corrected chi connectivity index (χ4v) is 1.51. The molecule has 0 aliphatic heterocycles. The van der Waals surface area contributed by atoms with Crippen LogP contribution in [-0.2, 0) is 0 Å². The van der Waals surface area contributed by atoms with Crippen molar-refractivity contribution in [1.29, 1.82) is 0 Å². The monoisotopic (exact) mass is 249 g/mol. The highest BCUT2D eigenvalue weighted by Crippen LogP contribution is 2.33. The lowest BCUT2D eigenvalue weighted by Gasteiger charge is -2.14. The molecule has 88 valence electrons. The summed E-state index contributed by atoms with van der Waals surface area (Å²) in [6.45, 7) is 3.19. The molecule has 1 aromatic rings. The molecule has 16 heavy (non-hydrogen) atoms. The predicted octanol–water partition coefficient (Wildman–Crippen LogP) is 3.60. The smallest absolute Gasteiger partial charge is 0.258 e. The highest BCUT2D eigenvalue weighted by Gasteiger charge is 2.27. The number of nitro benzene ring substituents is 1. The predicted molar refractivity (Wildman–Crippen MR) is 56.7 cm³/mol. The van der Waals surface area contributed by atoms with E-state index in [1.54, 1.807) is 13.8 Å². The second-order valence-corrected chi connectivity index (χ2v) is 4.24. The van der Waals surface area contributed by atoms with Crippen molar-refractivity contribution in [1.82, 2.24) is 0 Å². The lowest BCUT2D eigenvalue weighted by molar-refractivity contribution is -0.388. The molecule has 0 aliphatic carbocycles. The van der Waals surface area contributed by atoms with Crippen molar-refractivity contribution >= 4 is 17.3 Å². The summed E-state index contributed by atoms with van der Waals surface area (Å²) >= 11 is 5.78. The number of nitro groups is 1. The summed E-state index contributed by atoms with van der Waals surface area (Å²) in [7, 11) is 0. The van der Waals surface area contributed by atoms with Crippen LogP contribution < -0.4 is 0 Å². The Hall–Kier alpha value is -1.23. The Balaban J connectivity index is 3.40. The van der Waals surface area contributed by atoms with Gasteiger partial charge >= 0.3 is 5.69 Å². The van der Waals surface area contributed by atoms with E-state index in [2.05, 4.69) is 0 Å². The number of rotatable bonds is 3. The molecule has 0 N–H and O–H groups in total. The van der Waals surface area contributed by atoms with Gasteiger partial charge < -0.3 is 0 Å². The lowest BCUT2D eigenvalue weighted by atomic mass is 9.96. The molecule has 0 bridgehead atoms. The Morgan fingerprint density at radius 2 is 1.94 bits per heavy atom. The van der Waals surface area contributed by atoms with Crippen LogP contribution in [0, 0.1) is 21.7 Å². The molecule has 0 spiro atoms. The van der Waals surface area contributed by atoms with E-state index in [1.165, 1.54) is 0 Å². The first-order valence-electron chi connectivity index (χ1n) is 4.62. The summed E-state index contributed by atoms with van der Waals surface area (Å²) in [5.41, 5.74) is -0.730. The second kappa shape index (κ2) is 4.74. The molecular weight excluding hydrogens is 240 g/mol. The number of benzene rings is 1. The van der Waals surface area contributed by atoms with E-state index in [4.69, 9.17) is 11.6 Å². The van der Waals surface area contributed by atoms with Crippen LogP contribution in [-0.4, -0.2) is 10.3 Å². The molecule has 1 aromatic carbocycles. The highest BCUT2D eigenvalue weighted by atomic mass is 35.5. The van der Waals surface area contributed by atoms with Crippen LogP contribution >= 0.6 is 11.6 Å². The maximum Gasteiger partial charge on any atom is 0.308 e. The van der Waals surface area contributed by atoms with Gasteiger partial charge in [-0.15, -0.1) is 11.6 Å². The minimum atomic E-state index is -1.18. The second-order valence-electron chi connectivity index (χ2n) is 3.55. The van der Waals surface area contributed by atoms with Crippen LogP contribution in [0.2, 0.25) is 0 Å². The van der Waals surface area contributed by atoms with E-state index in [0.717, 1.165) is 6.07 Å². The van der Waals surface area contributed by atoms with Crippen molar-refractivity contribution in [3.8, 4) is 0 Å². The van der Waals surface area contributed by atoms with Crippen LogP contribution in [0.1, 0.15) is 25.3 Å². The van der Waals surface area contributed by atoms with Gasteiger partial charge in [0.05, 0.1) is 4.92 Å². The van der Waals surface area contributed by atoms with Gasteiger partial charge in [0.1, 0.15) is 5.82 Å². The molecule has 0 amide bonds. The topological polar surface area (TPSA) is 43.1 Å². The average Bonchev–Trinajstić information content (AvgIpc) is 2.14. The zero-order valence-corrected chi connectivity index (χ0v) is 9.46. The summed E-state index contributed by atoms with van der Waals surface area (Å²) < 4.78 is 26.3. The average molecular weight is 250 g/mol. The summed E-state index contributed by atoms with van der Waals surface area (Å²) in [5.74, 6) is -2.53. The largest absolute Gasteiger partial charge is 0.308 e. The molecule has 0 aromatic heterocycles. The van der Waals surface area contributed by atoms with E-state index in [-0.39, 0.29) is 5.56 Å². The fraction of sp³-hybridized carbons (Fsp3) is 0.400. The van der Waals surface area contributed by atoms with E-state index < -0.39 is 33.5 Å². The molecule has 6 heteroatoms. The standard InChI is InChI=1S/C10H10ClF2NO2/c1-5(6(2)11)8-3-7(12)4-9(13)10(8)14(15)16/h3-6H,1-2H3. The van der Waals surface area contributed by atoms with Gasteiger partial charge in [0.2, 0.25) is 5.82 Å². The van der Waals surface area contributed by atoms with Crippen LogP contribution in [0.15, 0.2) is 12.1 Å². The van der Waals surface area contributed by atoms with Gasteiger partial charge in [-0.05, 0) is 13.0 Å². The zero-order valence-electron chi connectivity index (χ0n) is 8.71. The molecule has 0 radical (unpaired) electrons. The number of alkyl halides is 1.